The van der Waals surface area contributed by atoms with Crippen LogP contribution in [0.25, 0.3) is 10.6 Å². The molecule has 0 aliphatic rings. The summed E-state index contributed by atoms with van der Waals surface area (Å²) < 4.78 is 5.64. The Morgan fingerprint density at radius 1 is 1.47 bits per heavy atom. The molecule has 0 atom stereocenters. The molecule has 4 heteroatoms. The Balaban J connectivity index is 2.13. The molecular formula is C11H14N2OS. The van der Waals surface area contributed by atoms with Gasteiger partial charge in [0.1, 0.15) is 0 Å². The number of oxazole rings is 1. The molecule has 0 unspecified atom stereocenters. The second-order valence-corrected chi connectivity index (χ2v) is 4.67. The largest absolute Gasteiger partial charge is 0.440 e. The van der Waals surface area contributed by atoms with E-state index in [4.69, 9.17) is 4.42 Å². The van der Waals surface area contributed by atoms with Gasteiger partial charge in [-0.05, 0) is 26.1 Å². The van der Waals surface area contributed by atoms with Crippen molar-refractivity contribution in [3.63, 3.8) is 0 Å². The van der Waals surface area contributed by atoms with Crippen LogP contribution in [0.15, 0.2) is 22.7 Å². The van der Waals surface area contributed by atoms with E-state index in [2.05, 4.69) is 29.4 Å². The van der Waals surface area contributed by atoms with Crippen molar-refractivity contribution in [2.75, 3.05) is 13.6 Å². The van der Waals surface area contributed by atoms with E-state index in [1.807, 2.05) is 7.05 Å². The van der Waals surface area contributed by atoms with Gasteiger partial charge in [0.15, 0.2) is 11.7 Å². The van der Waals surface area contributed by atoms with Gasteiger partial charge in [0, 0.05) is 17.8 Å². The second kappa shape index (κ2) is 4.59. The molecule has 0 saturated heterocycles. The Labute approximate surface area is 93.2 Å². The van der Waals surface area contributed by atoms with Crippen LogP contribution >= 0.6 is 11.3 Å². The van der Waals surface area contributed by atoms with Crippen molar-refractivity contribution >= 4 is 11.3 Å². The standard InChI is InChI=1S/C11H14N2OS/c1-8-3-4-10(15-8)9-7-13-11(14-9)5-6-12-2/h3-4,7,12H,5-6H2,1-2H3. The topological polar surface area (TPSA) is 38.1 Å². The monoisotopic (exact) mass is 222 g/mol. The molecule has 0 bridgehead atoms. The number of nitrogens with zero attached hydrogens (tertiary/aromatic N) is 1. The van der Waals surface area contributed by atoms with Crippen molar-refractivity contribution in [3.05, 3.63) is 29.1 Å². The number of hydrogen-bond acceptors (Lipinski definition) is 4. The van der Waals surface area contributed by atoms with Crippen molar-refractivity contribution in [1.82, 2.24) is 10.3 Å². The lowest BCUT2D eigenvalue weighted by Gasteiger charge is -1.93. The number of hydrogen-bond donors (Lipinski definition) is 1. The van der Waals surface area contributed by atoms with Gasteiger partial charge in [-0.1, -0.05) is 0 Å². The van der Waals surface area contributed by atoms with Crippen molar-refractivity contribution in [2.45, 2.75) is 13.3 Å². The Kier molecular flexibility index (Phi) is 3.18. The quantitative estimate of drug-likeness (QED) is 0.863. The van der Waals surface area contributed by atoms with Gasteiger partial charge in [-0.3, -0.25) is 0 Å². The van der Waals surface area contributed by atoms with Crippen molar-refractivity contribution in [1.29, 1.82) is 0 Å². The fourth-order valence-electron chi connectivity index (χ4n) is 1.34. The summed E-state index contributed by atoms with van der Waals surface area (Å²) >= 11 is 1.73. The summed E-state index contributed by atoms with van der Waals surface area (Å²) in [4.78, 5) is 6.68. The summed E-state index contributed by atoms with van der Waals surface area (Å²) in [6.45, 7) is 2.98. The Morgan fingerprint density at radius 3 is 3.00 bits per heavy atom. The van der Waals surface area contributed by atoms with E-state index in [9.17, 15) is 0 Å². The predicted octanol–water partition coefficient (Wildman–Crippen LogP) is 2.47. The first kappa shape index (κ1) is 10.4. The maximum atomic E-state index is 5.64. The van der Waals surface area contributed by atoms with E-state index < -0.39 is 0 Å². The molecular weight excluding hydrogens is 208 g/mol. The fourth-order valence-corrected chi connectivity index (χ4v) is 2.15. The molecule has 2 aromatic rings. The molecule has 3 nitrogen and oxygen atoms in total. The summed E-state index contributed by atoms with van der Waals surface area (Å²) in [7, 11) is 1.92. The van der Waals surface area contributed by atoms with Gasteiger partial charge in [-0.15, -0.1) is 11.3 Å². The first-order valence-corrected chi connectivity index (χ1v) is 5.77. The minimum atomic E-state index is 0.797. The highest BCUT2D eigenvalue weighted by Gasteiger charge is 2.07. The normalized spacial score (nSPS) is 10.8. The van der Waals surface area contributed by atoms with Crippen LogP contribution in [0.5, 0.6) is 0 Å². The van der Waals surface area contributed by atoms with E-state index in [1.54, 1.807) is 17.5 Å². The lowest BCUT2D eigenvalue weighted by atomic mass is 10.4. The maximum absolute atomic E-state index is 5.64. The van der Waals surface area contributed by atoms with Gasteiger partial charge in [0.25, 0.3) is 0 Å². The van der Waals surface area contributed by atoms with Crippen molar-refractivity contribution in [3.8, 4) is 10.6 Å². The molecule has 0 amide bonds. The molecule has 0 fully saturated rings. The number of thiophene rings is 1. The van der Waals surface area contributed by atoms with E-state index >= 15 is 0 Å². The highest BCUT2D eigenvalue weighted by molar-refractivity contribution is 7.15. The summed E-state index contributed by atoms with van der Waals surface area (Å²) in [5.41, 5.74) is 0. The van der Waals surface area contributed by atoms with Crippen LogP contribution in [-0.4, -0.2) is 18.6 Å². The van der Waals surface area contributed by atoms with Crippen LogP contribution in [0.2, 0.25) is 0 Å². The molecule has 2 aromatic heterocycles. The van der Waals surface area contributed by atoms with Crippen molar-refractivity contribution in [2.24, 2.45) is 0 Å². The molecule has 1 N–H and O–H groups in total. The Bertz CT molecular complexity index is 433. The van der Waals surface area contributed by atoms with Gasteiger partial charge in [0.2, 0.25) is 0 Å². The minimum Gasteiger partial charge on any atom is -0.440 e. The summed E-state index contributed by atoms with van der Waals surface area (Å²) in [5, 5.41) is 3.07. The zero-order valence-electron chi connectivity index (χ0n) is 8.91. The van der Waals surface area contributed by atoms with Crippen LogP contribution in [0.4, 0.5) is 0 Å². The van der Waals surface area contributed by atoms with Crippen LogP contribution < -0.4 is 5.32 Å². The molecule has 0 aliphatic carbocycles. The zero-order valence-corrected chi connectivity index (χ0v) is 9.73. The highest BCUT2D eigenvalue weighted by atomic mass is 32.1. The molecule has 0 spiro atoms. The molecule has 0 radical (unpaired) electrons. The Morgan fingerprint density at radius 2 is 2.33 bits per heavy atom. The average molecular weight is 222 g/mol. The third-order valence-electron chi connectivity index (χ3n) is 2.13. The third-order valence-corrected chi connectivity index (χ3v) is 3.14. The lowest BCUT2D eigenvalue weighted by molar-refractivity contribution is 0.501. The average Bonchev–Trinajstić information content (AvgIpc) is 2.83. The fraction of sp³-hybridized carbons (Fsp3) is 0.364. The van der Waals surface area contributed by atoms with E-state index in [0.717, 1.165) is 29.5 Å². The molecule has 15 heavy (non-hydrogen) atoms. The van der Waals surface area contributed by atoms with E-state index in [0.29, 0.717) is 0 Å². The summed E-state index contributed by atoms with van der Waals surface area (Å²) in [5.74, 6) is 1.67. The smallest absolute Gasteiger partial charge is 0.196 e. The highest BCUT2D eigenvalue weighted by Crippen LogP contribution is 2.27. The summed E-state index contributed by atoms with van der Waals surface area (Å²) in [6.07, 6.45) is 2.64. The molecule has 0 aromatic carbocycles. The lowest BCUT2D eigenvalue weighted by Crippen LogP contribution is -2.10. The van der Waals surface area contributed by atoms with Gasteiger partial charge in [-0.2, -0.15) is 0 Å². The molecule has 0 saturated carbocycles. The number of aryl methyl sites for hydroxylation is 1. The van der Waals surface area contributed by atoms with Crippen LogP contribution in [0.3, 0.4) is 0 Å². The van der Waals surface area contributed by atoms with Gasteiger partial charge in [-0.25, -0.2) is 4.98 Å². The SMILES string of the molecule is CNCCc1ncc(-c2ccc(C)s2)o1. The number of nitrogens with one attached hydrogen (secondary N) is 1. The third kappa shape index (κ3) is 2.46. The molecule has 0 aliphatic heterocycles. The number of likely N-dealkylation sites (N-methyl/N-ethyl adjacent to an activating group) is 1. The minimum absolute atomic E-state index is 0.797. The summed E-state index contributed by atoms with van der Waals surface area (Å²) in [6, 6.07) is 4.16. The van der Waals surface area contributed by atoms with Crippen LogP contribution in [-0.2, 0) is 6.42 Å². The van der Waals surface area contributed by atoms with Crippen LogP contribution in [0.1, 0.15) is 10.8 Å². The van der Waals surface area contributed by atoms with Gasteiger partial charge in [0.05, 0.1) is 11.1 Å². The number of aromatic nitrogens is 1. The van der Waals surface area contributed by atoms with Gasteiger partial charge >= 0.3 is 0 Å². The van der Waals surface area contributed by atoms with E-state index in [-0.39, 0.29) is 0 Å². The predicted molar refractivity (Wildman–Crippen MR) is 62.2 cm³/mol. The van der Waals surface area contributed by atoms with E-state index in [1.165, 1.54) is 4.88 Å². The van der Waals surface area contributed by atoms with Crippen LogP contribution in [0, 0.1) is 6.92 Å². The molecule has 2 rings (SSSR count). The first-order chi connectivity index (χ1) is 7.29. The molecule has 80 valence electrons. The maximum Gasteiger partial charge on any atom is 0.196 e. The second-order valence-electron chi connectivity index (χ2n) is 3.38. The Hall–Kier alpha value is -1.13. The molecule has 2 heterocycles. The first-order valence-electron chi connectivity index (χ1n) is 4.95. The zero-order chi connectivity index (χ0) is 10.7. The van der Waals surface area contributed by atoms with Crippen molar-refractivity contribution < 1.29 is 4.42 Å². The number of rotatable bonds is 4. The van der Waals surface area contributed by atoms with Gasteiger partial charge < -0.3 is 9.73 Å².